The van der Waals surface area contributed by atoms with E-state index in [1.54, 1.807) is 0 Å². The second-order valence-electron chi connectivity index (χ2n) is 4.45. The predicted molar refractivity (Wildman–Crippen MR) is 80.8 cm³/mol. The van der Waals surface area contributed by atoms with Crippen molar-refractivity contribution < 1.29 is 0 Å². The second-order valence-corrected chi connectivity index (χ2v) is 5.37. The molecule has 0 spiro atoms. The molecule has 2 aromatic carbocycles. The largest absolute Gasteiger partial charge is 0.307 e. The fourth-order valence-electron chi connectivity index (χ4n) is 2.05. The van der Waals surface area contributed by atoms with Crippen LogP contribution < -0.4 is 5.32 Å². The van der Waals surface area contributed by atoms with Gasteiger partial charge in [-0.15, -0.1) is 0 Å². The highest BCUT2D eigenvalue weighted by Gasteiger charge is 2.12. The van der Waals surface area contributed by atoms with Crippen molar-refractivity contribution in [3.05, 3.63) is 69.7 Å². The highest BCUT2D eigenvalue weighted by molar-refractivity contribution is 9.10. The third kappa shape index (κ3) is 3.21. The van der Waals surface area contributed by atoms with Crippen LogP contribution in [0.15, 0.2) is 53.0 Å². The topological polar surface area (TPSA) is 12.0 Å². The van der Waals surface area contributed by atoms with Gasteiger partial charge < -0.3 is 5.32 Å². The van der Waals surface area contributed by atoms with Crippen molar-refractivity contribution in [1.82, 2.24) is 5.32 Å². The average Bonchev–Trinajstić information content (AvgIpc) is 2.39. The Kier molecular flexibility index (Phi) is 4.56. The van der Waals surface area contributed by atoms with Crippen LogP contribution in [0.25, 0.3) is 0 Å². The van der Waals surface area contributed by atoms with E-state index < -0.39 is 0 Å². The molecule has 0 radical (unpaired) electrons. The van der Waals surface area contributed by atoms with Gasteiger partial charge in [0.15, 0.2) is 0 Å². The van der Waals surface area contributed by atoms with Crippen LogP contribution in [0.3, 0.4) is 0 Å². The van der Waals surface area contributed by atoms with Crippen LogP contribution in [0.2, 0.25) is 0 Å². The monoisotopic (exact) mass is 303 g/mol. The van der Waals surface area contributed by atoms with Crippen molar-refractivity contribution in [3.8, 4) is 0 Å². The van der Waals surface area contributed by atoms with Gasteiger partial charge in [-0.2, -0.15) is 0 Å². The van der Waals surface area contributed by atoms with E-state index in [0.29, 0.717) is 0 Å². The van der Waals surface area contributed by atoms with Gasteiger partial charge in [0.2, 0.25) is 0 Å². The summed E-state index contributed by atoms with van der Waals surface area (Å²) in [5, 5.41) is 3.54. The number of benzene rings is 2. The van der Waals surface area contributed by atoms with Crippen molar-refractivity contribution in [2.24, 2.45) is 0 Å². The third-order valence-electron chi connectivity index (χ3n) is 3.02. The SMILES string of the molecule is CCNC(c1ccc(C)cc1)c1ccc(Br)cc1. The van der Waals surface area contributed by atoms with Crippen molar-refractivity contribution >= 4 is 15.9 Å². The zero-order valence-electron chi connectivity index (χ0n) is 10.8. The van der Waals surface area contributed by atoms with E-state index >= 15 is 0 Å². The predicted octanol–water partition coefficient (Wildman–Crippen LogP) is 4.46. The smallest absolute Gasteiger partial charge is 0.0576 e. The minimum atomic E-state index is 0.267. The Balaban J connectivity index is 2.33. The molecule has 0 saturated carbocycles. The first-order valence-corrected chi connectivity index (χ1v) is 7.05. The maximum atomic E-state index is 3.54. The van der Waals surface area contributed by atoms with Crippen molar-refractivity contribution in [1.29, 1.82) is 0 Å². The molecule has 2 rings (SSSR count). The Labute approximate surface area is 117 Å². The maximum Gasteiger partial charge on any atom is 0.0576 e. The summed E-state index contributed by atoms with van der Waals surface area (Å²) in [4.78, 5) is 0. The van der Waals surface area contributed by atoms with E-state index in [4.69, 9.17) is 0 Å². The van der Waals surface area contributed by atoms with Gasteiger partial charge in [0, 0.05) is 4.47 Å². The standard InChI is InChI=1S/C16H18BrN/c1-3-18-16(13-6-4-12(2)5-7-13)14-8-10-15(17)11-9-14/h4-11,16,18H,3H2,1-2H3. The lowest BCUT2D eigenvalue weighted by molar-refractivity contribution is 0.630. The zero-order valence-corrected chi connectivity index (χ0v) is 12.4. The molecule has 2 aromatic rings. The first kappa shape index (κ1) is 13.3. The molecule has 0 fully saturated rings. The minimum absolute atomic E-state index is 0.267. The van der Waals surface area contributed by atoms with Gasteiger partial charge >= 0.3 is 0 Å². The lowest BCUT2D eigenvalue weighted by Crippen LogP contribution is -2.21. The summed E-state index contributed by atoms with van der Waals surface area (Å²) in [7, 11) is 0. The van der Waals surface area contributed by atoms with Gasteiger partial charge in [0.1, 0.15) is 0 Å². The van der Waals surface area contributed by atoms with Crippen LogP contribution in [0, 0.1) is 6.92 Å². The maximum absolute atomic E-state index is 3.54. The van der Waals surface area contributed by atoms with Gasteiger partial charge in [-0.25, -0.2) is 0 Å². The van der Waals surface area contributed by atoms with E-state index in [0.717, 1.165) is 11.0 Å². The highest BCUT2D eigenvalue weighted by Crippen LogP contribution is 2.23. The van der Waals surface area contributed by atoms with Crippen LogP contribution in [0.1, 0.15) is 29.7 Å². The van der Waals surface area contributed by atoms with Gasteiger partial charge in [-0.1, -0.05) is 64.8 Å². The molecule has 0 aliphatic rings. The molecule has 2 heteroatoms. The summed E-state index contributed by atoms with van der Waals surface area (Å²) < 4.78 is 1.12. The lowest BCUT2D eigenvalue weighted by atomic mass is 9.98. The zero-order chi connectivity index (χ0) is 13.0. The van der Waals surface area contributed by atoms with E-state index in [2.05, 4.69) is 83.6 Å². The molecule has 0 amide bonds. The molecule has 0 aromatic heterocycles. The lowest BCUT2D eigenvalue weighted by Gasteiger charge is -2.19. The first-order valence-electron chi connectivity index (χ1n) is 6.26. The quantitative estimate of drug-likeness (QED) is 0.879. The van der Waals surface area contributed by atoms with Gasteiger partial charge in [-0.05, 0) is 36.7 Å². The number of rotatable bonds is 4. The highest BCUT2D eigenvalue weighted by atomic mass is 79.9. The average molecular weight is 304 g/mol. The minimum Gasteiger partial charge on any atom is -0.307 e. The molecule has 94 valence electrons. The van der Waals surface area contributed by atoms with Crippen molar-refractivity contribution in [2.45, 2.75) is 19.9 Å². The Morgan fingerprint density at radius 3 is 1.94 bits per heavy atom. The van der Waals surface area contributed by atoms with E-state index in [1.807, 2.05) is 0 Å². The Bertz CT molecular complexity index is 442. The van der Waals surface area contributed by atoms with Crippen molar-refractivity contribution in [2.75, 3.05) is 6.54 Å². The van der Waals surface area contributed by atoms with Gasteiger partial charge in [0.05, 0.1) is 6.04 Å². The summed E-state index contributed by atoms with van der Waals surface area (Å²) >= 11 is 3.48. The molecule has 1 nitrogen and oxygen atoms in total. The summed E-state index contributed by atoms with van der Waals surface area (Å²) in [6.07, 6.45) is 0. The molecule has 0 aliphatic heterocycles. The number of hydrogen-bond acceptors (Lipinski definition) is 1. The molecular weight excluding hydrogens is 286 g/mol. The van der Waals surface area contributed by atoms with E-state index in [9.17, 15) is 0 Å². The molecule has 0 heterocycles. The molecule has 18 heavy (non-hydrogen) atoms. The third-order valence-corrected chi connectivity index (χ3v) is 3.55. The molecule has 1 unspecified atom stereocenters. The summed E-state index contributed by atoms with van der Waals surface area (Å²) in [6, 6.07) is 17.5. The first-order chi connectivity index (χ1) is 8.70. The summed E-state index contributed by atoms with van der Waals surface area (Å²) in [6.45, 7) is 5.21. The number of nitrogens with one attached hydrogen (secondary N) is 1. The van der Waals surface area contributed by atoms with Crippen molar-refractivity contribution in [3.63, 3.8) is 0 Å². The normalized spacial score (nSPS) is 12.4. The summed E-state index contributed by atoms with van der Waals surface area (Å²) in [5.41, 5.74) is 3.90. The molecule has 0 saturated heterocycles. The van der Waals surface area contributed by atoms with Crippen LogP contribution in [0.5, 0.6) is 0 Å². The molecule has 1 N–H and O–H groups in total. The van der Waals surface area contributed by atoms with Crippen LogP contribution >= 0.6 is 15.9 Å². The van der Waals surface area contributed by atoms with Gasteiger partial charge in [-0.3, -0.25) is 0 Å². The van der Waals surface area contributed by atoms with E-state index in [-0.39, 0.29) is 6.04 Å². The molecule has 0 aliphatic carbocycles. The van der Waals surface area contributed by atoms with Gasteiger partial charge in [0.25, 0.3) is 0 Å². The van der Waals surface area contributed by atoms with Crippen LogP contribution in [-0.4, -0.2) is 6.54 Å². The second kappa shape index (κ2) is 6.17. The fourth-order valence-corrected chi connectivity index (χ4v) is 2.31. The Morgan fingerprint density at radius 2 is 1.44 bits per heavy atom. The van der Waals surface area contributed by atoms with Crippen LogP contribution in [-0.2, 0) is 0 Å². The summed E-state index contributed by atoms with van der Waals surface area (Å²) in [5.74, 6) is 0. The number of halogens is 1. The Morgan fingerprint density at radius 1 is 0.944 bits per heavy atom. The molecule has 1 atom stereocenters. The fraction of sp³-hybridized carbons (Fsp3) is 0.250. The Hall–Kier alpha value is -1.12. The number of hydrogen-bond donors (Lipinski definition) is 1. The molecule has 0 bridgehead atoms. The molecular formula is C16H18BrN. The van der Waals surface area contributed by atoms with Crippen LogP contribution in [0.4, 0.5) is 0 Å². The van der Waals surface area contributed by atoms with E-state index in [1.165, 1.54) is 16.7 Å². The number of aryl methyl sites for hydroxylation is 1.